The first-order valence-electron chi connectivity index (χ1n) is 22.4. The first-order valence-corrected chi connectivity index (χ1v) is 22.4. The Morgan fingerprint density at radius 3 is 2.50 bits per heavy atom. The summed E-state index contributed by atoms with van der Waals surface area (Å²) >= 11 is 0. The quantitative estimate of drug-likeness (QED) is 0.0945. The minimum atomic E-state index is -0.224. The number of aryl methyl sites for hydroxylation is 3. The molecule has 0 radical (unpaired) electrons. The van der Waals surface area contributed by atoms with Gasteiger partial charge in [-0.05, 0) is 114 Å². The smallest absolute Gasteiger partial charge is 0.306 e. The maximum absolute atomic E-state index is 13.2. The highest BCUT2D eigenvalue weighted by Crippen LogP contribution is 2.34. The van der Waals surface area contributed by atoms with Gasteiger partial charge in [0.15, 0.2) is 0 Å². The summed E-state index contributed by atoms with van der Waals surface area (Å²) in [6.45, 7) is 11.7. The topological polar surface area (TPSA) is 160 Å². The van der Waals surface area contributed by atoms with Gasteiger partial charge in [-0.25, -0.2) is 9.67 Å². The molecule has 6 rings (SSSR count). The van der Waals surface area contributed by atoms with Gasteiger partial charge in [0.2, 0.25) is 11.8 Å². The van der Waals surface area contributed by atoms with Crippen LogP contribution in [0.3, 0.4) is 0 Å². The molecule has 3 aromatic rings. The van der Waals surface area contributed by atoms with Crippen LogP contribution in [0.4, 0.5) is 11.5 Å². The van der Waals surface area contributed by atoms with Crippen molar-refractivity contribution in [2.24, 2.45) is 11.7 Å². The molecule has 328 valence electrons. The van der Waals surface area contributed by atoms with Crippen molar-refractivity contribution in [2.75, 3.05) is 89.9 Å². The van der Waals surface area contributed by atoms with Gasteiger partial charge in [0.1, 0.15) is 11.6 Å². The van der Waals surface area contributed by atoms with Crippen LogP contribution >= 0.6 is 0 Å². The zero-order valence-electron chi connectivity index (χ0n) is 36.6. The highest BCUT2D eigenvalue weighted by atomic mass is 16.5. The van der Waals surface area contributed by atoms with Crippen molar-refractivity contribution >= 4 is 29.3 Å². The number of likely N-dealkylation sites (tertiary alicyclic amines) is 1. The molecule has 3 aliphatic rings. The van der Waals surface area contributed by atoms with Gasteiger partial charge in [-0.2, -0.15) is 5.10 Å². The van der Waals surface area contributed by atoms with E-state index in [-0.39, 0.29) is 30.1 Å². The fourth-order valence-electron chi connectivity index (χ4n) is 9.08. The molecular formula is C46H69N9O5. The minimum absolute atomic E-state index is 0.0115. The zero-order valence-corrected chi connectivity index (χ0v) is 36.6. The third-order valence-corrected chi connectivity index (χ3v) is 12.4. The maximum atomic E-state index is 13.2. The number of esters is 1. The van der Waals surface area contributed by atoms with Gasteiger partial charge in [-0.1, -0.05) is 12.8 Å². The second-order valence-corrected chi connectivity index (χ2v) is 17.0. The average Bonchev–Trinajstić information content (AvgIpc) is 3.87. The van der Waals surface area contributed by atoms with E-state index in [1.54, 1.807) is 7.11 Å². The number of hydrogen-bond donors (Lipinski definition) is 3. The first kappa shape index (κ1) is 44.9. The number of ether oxygens (including phenoxy) is 2. The summed E-state index contributed by atoms with van der Waals surface area (Å²) < 4.78 is 13.0. The van der Waals surface area contributed by atoms with E-state index in [0.29, 0.717) is 64.4 Å². The van der Waals surface area contributed by atoms with Crippen molar-refractivity contribution in [1.29, 1.82) is 0 Å². The molecule has 0 saturated carbocycles. The Morgan fingerprint density at radius 1 is 0.950 bits per heavy atom. The fourth-order valence-corrected chi connectivity index (χ4v) is 9.08. The van der Waals surface area contributed by atoms with Crippen LogP contribution in [0, 0.1) is 19.8 Å². The largest absolute Gasteiger partial charge is 0.496 e. The zero-order chi connectivity index (χ0) is 42.4. The van der Waals surface area contributed by atoms with E-state index in [0.717, 1.165) is 130 Å². The third-order valence-electron chi connectivity index (χ3n) is 12.4. The summed E-state index contributed by atoms with van der Waals surface area (Å²) in [4.78, 5) is 50.3. The van der Waals surface area contributed by atoms with Gasteiger partial charge in [-0.3, -0.25) is 14.4 Å². The Bertz CT molecular complexity index is 1870. The number of aromatic nitrogens is 3. The Labute approximate surface area is 356 Å². The highest BCUT2D eigenvalue weighted by Gasteiger charge is 2.29. The average molecular weight is 828 g/mol. The lowest BCUT2D eigenvalue weighted by Crippen LogP contribution is -2.48. The number of unbranched alkanes of at least 4 members (excludes halogenated alkanes) is 3. The van der Waals surface area contributed by atoms with Gasteiger partial charge >= 0.3 is 5.97 Å². The first-order chi connectivity index (χ1) is 29.1. The third kappa shape index (κ3) is 12.4. The maximum Gasteiger partial charge on any atom is 0.306 e. The SMILES string of the molecule is COC(=O)CC(CN1CCC(CCc2cc(OC)c3c(n2)NCCC3)C1)c1cc(N2CCN(C(=O)CCCC(=O)NCCCCCCN)CC2)cc(-n2nc(C)cc2C)c1. The summed E-state index contributed by atoms with van der Waals surface area (Å²) in [5.41, 5.74) is 12.9. The lowest BCUT2D eigenvalue weighted by molar-refractivity contribution is -0.141. The van der Waals surface area contributed by atoms with Crippen molar-refractivity contribution in [2.45, 2.75) is 103 Å². The molecule has 14 nitrogen and oxygen atoms in total. The molecule has 14 heteroatoms. The van der Waals surface area contributed by atoms with Crippen LogP contribution in [-0.4, -0.2) is 122 Å². The number of carbonyl (C=O) groups excluding carboxylic acids is 3. The number of nitrogens with one attached hydrogen (secondary N) is 2. The van der Waals surface area contributed by atoms with Gasteiger partial charge in [0.05, 0.1) is 32.0 Å². The minimum Gasteiger partial charge on any atom is -0.496 e. The predicted molar refractivity (Wildman–Crippen MR) is 236 cm³/mol. The summed E-state index contributed by atoms with van der Waals surface area (Å²) in [5, 5.41) is 11.3. The number of hydrogen-bond acceptors (Lipinski definition) is 11. The van der Waals surface area contributed by atoms with Gasteiger partial charge in [-0.15, -0.1) is 0 Å². The number of piperazine rings is 1. The van der Waals surface area contributed by atoms with Gasteiger partial charge < -0.3 is 40.5 Å². The van der Waals surface area contributed by atoms with E-state index in [9.17, 15) is 14.4 Å². The van der Waals surface area contributed by atoms with E-state index in [2.05, 4.69) is 57.7 Å². The Hall–Kier alpha value is -4.69. The molecule has 2 unspecified atom stereocenters. The number of carbonyl (C=O) groups is 3. The van der Waals surface area contributed by atoms with Gasteiger partial charge in [0, 0.05) is 99.8 Å². The van der Waals surface area contributed by atoms with Crippen LogP contribution in [0.15, 0.2) is 30.3 Å². The van der Waals surface area contributed by atoms with Crippen molar-refractivity contribution in [3.05, 3.63) is 58.5 Å². The lowest BCUT2D eigenvalue weighted by atomic mass is 9.93. The molecule has 0 bridgehead atoms. The van der Waals surface area contributed by atoms with E-state index >= 15 is 0 Å². The molecule has 2 aromatic heterocycles. The predicted octanol–water partition coefficient (Wildman–Crippen LogP) is 5.31. The number of benzene rings is 1. The molecule has 2 atom stereocenters. The van der Waals surface area contributed by atoms with E-state index in [1.807, 2.05) is 16.5 Å². The normalized spacial score (nSPS) is 17.2. The van der Waals surface area contributed by atoms with E-state index < -0.39 is 0 Å². The second kappa shape index (κ2) is 22.2. The van der Waals surface area contributed by atoms with Crippen molar-refractivity contribution in [1.82, 2.24) is 29.9 Å². The molecule has 0 spiro atoms. The van der Waals surface area contributed by atoms with Crippen molar-refractivity contribution < 1.29 is 23.9 Å². The molecule has 2 amide bonds. The molecule has 2 fully saturated rings. The van der Waals surface area contributed by atoms with Crippen LogP contribution < -0.4 is 26.0 Å². The molecule has 60 heavy (non-hydrogen) atoms. The number of rotatable bonds is 21. The highest BCUT2D eigenvalue weighted by molar-refractivity contribution is 5.79. The number of methoxy groups -OCH3 is 2. The molecule has 0 aliphatic carbocycles. The Morgan fingerprint density at radius 2 is 1.75 bits per heavy atom. The van der Waals surface area contributed by atoms with Crippen LogP contribution in [-0.2, 0) is 32.0 Å². The Balaban J connectivity index is 1.09. The number of amides is 2. The van der Waals surface area contributed by atoms with Crippen LogP contribution in [0.25, 0.3) is 5.69 Å². The summed E-state index contributed by atoms with van der Waals surface area (Å²) in [7, 11) is 3.21. The molecule has 3 aliphatic heterocycles. The van der Waals surface area contributed by atoms with Crippen molar-refractivity contribution in [3.63, 3.8) is 0 Å². The molecule has 5 heterocycles. The number of nitrogens with two attached hydrogens (primary N) is 1. The molecule has 2 saturated heterocycles. The van der Waals surface area contributed by atoms with E-state index in [4.69, 9.17) is 25.3 Å². The monoisotopic (exact) mass is 828 g/mol. The lowest BCUT2D eigenvalue weighted by Gasteiger charge is -2.37. The summed E-state index contributed by atoms with van der Waals surface area (Å²) in [6.07, 6.45) is 10.8. The number of pyridine rings is 1. The fraction of sp³-hybridized carbons (Fsp3) is 0.630. The van der Waals surface area contributed by atoms with Crippen LogP contribution in [0.1, 0.15) is 105 Å². The number of nitrogens with zero attached hydrogens (tertiary/aromatic N) is 6. The Kier molecular flexibility index (Phi) is 16.6. The standard InChI is InChI=1S/C46H69N9O5/c1-33-25-34(2)55(51-33)40-27-36(26-39(30-40)53-21-23-54(24-22-53)44(57)13-9-12-43(56)48-18-8-6-5-7-17-47)37(28-45(58)60-4)32-52-20-16-35(31-52)14-15-38-29-42(59-3)41-11-10-19-49-46(41)50-38/h25-27,29-30,35,37H,5-24,28,31-32,47H2,1-4H3,(H,48,56)(H,49,50). The summed E-state index contributed by atoms with van der Waals surface area (Å²) in [5.74, 6) is 2.25. The summed E-state index contributed by atoms with van der Waals surface area (Å²) in [6, 6.07) is 10.8. The van der Waals surface area contributed by atoms with Crippen LogP contribution in [0.2, 0.25) is 0 Å². The molecule has 4 N–H and O–H groups in total. The number of fused-ring (bicyclic) bond motifs is 1. The van der Waals surface area contributed by atoms with Crippen LogP contribution in [0.5, 0.6) is 5.75 Å². The number of anilines is 2. The second-order valence-electron chi connectivity index (χ2n) is 17.0. The van der Waals surface area contributed by atoms with Crippen molar-refractivity contribution in [3.8, 4) is 11.4 Å². The molecular weight excluding hydrogens is 759 g/mol. The van der Waals surface area contributed by atoms with E-state index in [1.165, 1.54) is 12.7 Å². The van der Waals surface area contributed by atoms with Gasteiger partial charge in [0.25, 0.3) is 0 Å². The molecule has 1 aromatic carbocycles.